The molecule has 1 amide bonds. The number of hydrogen-bond acceptors (Lipinski definition) is 4. The van der Waals surface area contributed by atoms with E-state index in [1.807, 2.05) is 18.2 Å². The number of nitrogens with zero attached hydrogens (tertiary/aromatic N) is 1. The van der Waals surface area contributed by atoms with Crippen LogP contribution in [-0.2, 0) is 0 Å². The normalized spacial score (nSPS) is 10.4. The Kier molecular flexibility index (Phi) is 3.68. The van der Waals surface area contributed by atoms with Crippen LogP contribution >= 0.6 is 27.3 Å². The maximum Gasteiger partial charge on any atom is 0.260 e. The van der Waals surface area contributed by atoms with Crippen molar-refractivity contribution in [3.8, 4) is 16.3 Å². The van der Waals surface area contributed by atoms with Crippen LogP contribution in [0, 0.1) is 6.92 Å². The highest BCUT2D eigenvalue weighted by Crippen LogP contribution is 2.33. The summed E-state index contributed by atoms with van der Waals surface area (Å²) in [6.07, 6.45) is 0. The largest absolute Gasteiger partial charge is 0.496 e. The fraction of sp³-hybridized carbons (Fsp3) is 0.167. The molecular formula is C12H11BrN2O2S. The highest BCUT2D eigenvalue weighted by Gasteiger charge is 2.14. The summed E-state index contributed by atoms with van der Waals surface area (Å²) in [6, 6.07) is 5.65. The summed E-state index contributed by atoms with van der Waals surface area (Å²) in [4.78, 5) is 16.0. The molecule has 1 aromatic carbocycles. The van der Waals surface area contributed by atoms with Gasteiger partial charge in [0.1, 0.15) is 15.6 Å². The molecule has 0 aliphatic heterocycles. The second-order valence-corrected chi connectivity index (χ2v) is 5.50. The number of aromatic nitrogens is 1. The van der Waals surface area contributed by atoms with E-state index in [0.717, 1.165) is 20.8 Å². The van der Waals surface area contributed by atoms with Crippen LogP contribution in [-0.4, -0.2) is 18.0 Å². The van der Waals surface area contributed by atoms with Gasteiger partial charge in [0.15, 0.2) is 0 Å². The van der Waals surface area contributed by atoms with Gasteiger partial charge in [0.2, 0.25) is 0 Å². The Balaban J connectivity index is 2.46. The van der Waals surface area contributed by atoms with Gasteiger partial charge in [-0.15, -0.1) is 11.3 Å². The zero-order valence-corrected chi connectivity index (χ0v) is 12.3. The predicted molar refractivity (Wildman–Crippen MR) is 75.1 cm³/mol. The van der Waals surface area contributed by atoms with Crippen molar-refractivity contribution in [2.75, 3.05) is 7.11 Å². The van der Waals surface area contributed by atoms with Crippen LogP contribution in [0.4, 0.5) is 0 Å². The molecule has 0 saturated heterocycles. The number of carbonyl (C=O) groups excluding carboxylic acids is 1. The van der Waals surface area contributed by atoms with Gasteiger partial charge < -0.3 is 10.5 Å². The number of halogens is 1. The molecule has 2 rings (SSSR count). The molecule has 0 saturated carbocycles. The van der Waals surface area contributed by atoms with Gasteiger partial charge in [0.25, 0.3) is 5.91 Å². The average molecular weight is 327 g/mol. The first kappa shape index (κ1) is 13.0. The van der Waals surface area contributed by atoms with E-state index < -0.39 is 5.91 Å². The first-order valence-electron chi connectivity index (χ1n) is 5.14. The van der Waals surface area contributed by atoms with Crippen molar-refractivity contribution in [2.24, 2.45) is 5.73 Å². The smallest absolute Gasteiger partial charge is 0.260 e. The van der Waals surface area contributed by atoms with Gasteiger partial charge in [-0.1, -0.05) is 0 Å². The second-order valence-electron chi connectivity index (χ2n) is 3.65. The van der Waals surface area contributed by atoms with Crippen LogP contribution in [0.15, 0.2) is 22.7 Å². The summed E-state index contributed by atoms with van der Waals surface area (Å²) in [7, 11) is 1.61. The topological polar surface area (TPSA) is 65.2 Å². The van der Waals surface area contributed by atoms with E-state index in [9.17, 15) is 4.79 Å². The van der Waals surface area contributed by atoms with Crippen molar-refractivity contribution >= 4 is 33.2 Å². The lowest BCUT2D eigenvalue weighted by molar-refractivity contribution is 0.100. The first-order valence-corrected chi connectivity index (χ1v) is 6.75. The number of methoxy groups -OCH3 is 1. The number of carbonyl (C=O) groups is 1. The third-order valence-electron chi connectivity index (χ3n) is 2.42. The minimum absolute atomic E-state index is 0.441. The lowest BCUT2D eigenvalue weighted by Gasteiger charge is -2.04. The molecular weight excluding hydrogens is 316 g/mol. The number of amides is 1. The number of nitrogens with two attached hydrogens (primary N) is 1. The molecule has 2 aromatic rings. The molecule has 4 nitrogen and oxygen atoms in total. The van der Waals surface area contributed by atoms with E-state index in [2.05, 4.69) is 20.9 Å². The predicted octanol–water partition coefficient (Wildman–Crippen LogP) is 2.99. The first-order chi connectivity index (χ1) is 8.52. The van der Waals surface area contributed by atoms with Gasteiger partial charge in [-0.3, -0.25) is 4.79 Å². The zero-order chi connectivity index (χ0) is 13.3. The maximum absolute atomic E-state index is 11.2. The van der Waals surface area contributed by atoms with E-state index in [1.165, 1.54) is 11.3 Å². The summed E-state index contributed by atoms with van der Waals surface area (Å²) < 4.78 is 6.01. The summed E-state index contributed by atoms with van der Waals surface area (Å²) in [5.41, 5.74) is 6.86. The Hall–Kier alpha value is -1.40. The molecule has 2 N–H and O–H groups in total. The van der Waals surface area contributed by atoms with Gasteiger partial charge in [-0.25, -0.2) is 4.98 Å². The molecule has 1 aromatic heterocycles. The van der Waals surface area contributed by atoms with Gasteiger partial charge in [0.05, 0.1) is 17.3 Å². The average Bonchev–Trinajstić information content (AvgIpc) is 2.71. The van der Waals surface area contributed by atoms with E-state index in [1.54, 1.807) is 14.0 Å². The van der Waals surface area contributed by atoms with E-state index in [4.69, 9.17) is 10.5 Å². The van der Waals surface area contributed by atoms with Crippen LogP contribution in [0.5, 0.6) is 5.75 Å². The molecule has 0 unspecified atom stereocenters. The fourth-order valence-electron chi connectivity index (χ4n) is 1.55. The minimum Gasteiger partial charge on any atom is -0.496 e. The summed E-state index contributed by atoms with van der Waals surface area (Å²) in [5.74, 6) is 0.311. The number of rotatable bonds is 3. The second kappa shape index (κ2) is 5.07. The Morgan fingerprint density at radius 1 is 1.50 bits per heavy atom. The van der Waals surface area contributed by atoms with Crippen molar-refractivity contribution in [3.63, 3.8) is 0 Å². The highest BCUT2D eigenvalue weighted by molar-refractivity contribution is 9.10. The fourth-order valence-corrected chi connectivity index (χ4v) is 3.00. The van der Waals surface area contributed by atoms with Gasteiger partial charge in [0, 0.05) is 5.56 Å². The summed E-state index contributed by atoms with van der Waals surface area (Å²) in [5, 5.41) is 0.768. The molecule has 0 atom stereocenters. The Bertz CT molecular complexity index is 610. The van der Waals surface area contributed by atoms with Gasteiger partial charge in [-0.05, 0) is 41.1 Å². The third kappa shape index (κ3) is 2.39. The molecule has 18 heavy (non-hydrogen) atoms. The number of aryl methyl sites for hydroxylation is 1. The number of thiazole rings is 1. The van der Waals surface area contributed by atoms with Gasteiger partial charge >= 0.3 is 0 Å². The molecule has 0 radical (unpaired) electrons. The monoisotopic (exact) mass is 326 g/mol. The van der Waals surface area contributed by atoms with Crippen molar-refractivity contribution in [1.29, 1.82) is 0 Å². The zero-order valence-electron chi connectivity index (χ0n) is 9.86. The van der Waals surface area contributed by atoms with Crippen molar-refractivity contribution in [2.45, 2.75) is 6.92 Å². The Morgan fingerprint density at radius 2 is 2.22 bits per heavy atom. The molecule has 1 heterocycles. The summed E-state index contributed by atoms with van der Waals surface area (Å²) >= 11 is 4.71. The van der Waals surface area contributed by atoms with Crippen LogP contribution in [0.2, 0.25) is 0 Å². The molecule has 0 spiro atoms. The molecule has 6 heteroatoms. The molecule has 0 fully saturated rings. The van der Waals surface area contributed by atoms with Crippen molar-refractivity contribution < 1.29 is 9.53 Å². The molecule has 0 aliphatic rings. The SMILES string of the molecule is COc1ccc(-c2nc(C)c(C(N)=O)s2)cc1Br. The van der Waals surface area contributed by atoms with E-state index in [-0.39, 0.29) is 0 Å². The van der Waals surface area contributed by atoms with Crippen LogP contribution < -0.4 is 10.5 Å². The van der Waals surface area contributed by atoms with Crippen molar-refractivity contribution in [1.82, 2.24) is 4.98 Å². The van der Waals surface area contributed by atoms with Crippen molar-refractivity contribution in [3.05, 3.63) is 33.2 Å². The lowest BCUT2D eigenvalue weighted by Crippen LogP contribution is -2.09. The Labute approximate surface area is 117 Å². The molecule has 0 aliphatic carbocycles. The number of hydrogen-bond donors (Lipinski definition) is 1. The van der Waals surface area contributed by atoms with Crippen LogP contribution in [0.3, 0.4) is 0 Å². The Morgan fingerprint density at radius 3 is 2.72 bits per heavy atom. The van der Waals surface area contributed by atoms with Crippen LogP contribution in [0.1, 0.15) is 15.4 Å². The quantitative estimate of drug-likeness (QED) is 0.942. The number of ether oxygens (including phenoxy) is 1. The summed E-state index contributed by atoms with van der Waals surface area (Å²) in [6.45, 7) is 1.78. The van der Waals surface area contributed by atoms with Gasteiger partial charge in [-0.2, -0.15) is 0 Å². The van der Waals surface area contributed by atoms with E-state index >= 15 is 0 Å². The number of benzene rings is 1. The number of primary amides is 1. The lowest BCUT2D eigenvalue weighted by atomic mass is 10.2. The highest BCUT2D eigenvalue weighted by atomic mass is 79.9. The molecule has 0 bridgehead atoms. The minimum atomic E-state index is -0.441. The maximum atomic E-state index is 11.2. The van der Waals surface area contributed by atoms with E-state index in [0.29, 0.717) is 10.6 Å². The standard InChI is InChI=1S/C12H11BrN2O2S/c1-6-10(11(14)16)18-12(15-6)7-3-4-9(17-2)8(13)5-7/h3-5H,1-2H3,(H2,14,16). The van der Waals surface area contributed by atoms with Crippen LogP contribution in [0.25, 0.3) is 10.6 Å². The molecule has 94 valence electrons. The third-order valence-corrected chi connectivity index (χ3v) is 4.26.